The van der Waals surface area contributed by atoms with Crippen LogP contribution < -0.4 is 5.32 Å². The summed E-state index contributed by atoms with van der Waals surface area (Å²) in [4.78, 5) is 31.6. The third-order valence-corrected chi connectivity index (χ3v) is 5.68. The van der Waals surface area contributed by atoms with Gasteiger partial charge in [-0.15, -0.1) is 5.10 Å². The predicted molar refractivity (Wildman–Crippen MR) is 116 cm³/mol. The third-order valence-electron chi connectivity index (χ3n) is 5.68. The molecule has 0 spiro atoms. The lowest BCUT2D eigenvalue weighted by Gasteiger charge is -2.39. The highest BCUT2D eigenvalue weighted by molar-refractivity contribution is 5.95. The van der Waals surface area contributed by atoms with E-state index in [0.717, 1.165) is 5.56 Å². The number of nitrogens with one attached hydrogen (secondary N) is 2. The van der Waals surface area contributed by atoms with Crippen molar-refractivity contribution in [2.75, 3.05) is 26.9 Å². The quantitative estimate of drug-likeness (QED) is 0.669. The van der Waals surface area contributed by atoms with Gasteiger partial charge in [-0.25, -0.2) is 4.98 Å². The number of rotatable bonds is 6. The number of ether oxygens (including phenoxy) is 2. The second kappa shape index (κ2) is 8.80. The normalized spacial score (nSPS) is 20.5. The molecule has 1 aromatic heterocycles. The SMILES string of the molecule is C=C/C=C\C1=C(C)OC[C@H](NC(=O)c2n[nH]c(C3(c4ccccc4)COC3)n2)C(=O)N1C. The highest BCUT2D eigenvalue weighted by Crippen LogP contribution is 2.37. The van der Waals surface area contributed by atoms with Crippen LogP contribution in [0.15, 0.2) is 66.6 Å². The summed E-state index contributed by atoms with van der Waals surface area (Å²) >= 11 is 0. The number of aromatic amines is 1. The zero-order valence-corrected chi connectivity index (χ0v) is 18.0. The van der Waals surface area contributed by atoms with E-state index in [1.54, 1.807) is 32.2 Å². The summed E-state index contributed by atoms with van der Waals surface area (Å²) in [5, 5.41) is 9.66. The van der Waals surface area contributed by atoms with Crippen LogP contribution in [-0.2, 0) is 19.7 Å². The topological polar surface area (TPSA) is 109 Å². The Hall–Kier alpha value is -3.72. The Kier molecular flexibility index (Phi) is 5.91. The van der Waals surface area contributed by atoms with E-state index in [-0.39, 0.29) is 18.3 Å². The monoisotopic (exact) mass is 435 g/mol. The Bertz CT molecular complexity index is 1080. The molecule has 0 unspecified atom stereocenters. The number of benzene rings is 1. The standard InChI is InChI=1S/C23H25N5O4/c1-4-5-11-18-15(2)32-12-17(21(30)28(18)3)24-20(29)19-25-22(27-26-19)23(13-31-14-23)16-9-7-6-8-10-16/h4-11,17H,1,12-14H2,2-3H3,(H,24,29)(H,25,26,27)/b11-5-/t17-/m0/s1. The van der Waals surface area contributed by atoms with Crippen LogP contribution in [0.5, 0.6) is 0 Å². The first-order valence-corrected chi connectivity index (χ1v) is 10.2. The summed E-state index contributed by atoms with van der Waals surface area (Å²) in [6, 6.07) is 8.94. The van der Waals surface area contributed by atoms with Gasteiger partial charge in [0.2, 0.25) is 5.82 Å². The number of aromatic nitrogens is 3. The lowest BCUT2D eigenvalue weighted by Crippen LogP contribution is -2.49. The fraction of sp³-hybridized carbons (Fsp3) is 0.304. The summed E-state index contributed by atoms with van der Waals surface area (Å²) in [5.74, 6) is 0.218. The number of hydrogen-bond acceptors (Lipinski definition) is 6. The lowest BCUT2D eigenvalue weighted by atomic mass is 9.78. The van der Waals surface area contributed by atoms with Crippen molar-refractivity contribution in [1.29, 1.82) is 0 Å². The van der Waals surface area contributed by atoms with Crippen LogP contribution in [0.4, 0.5) is 0 Å². The van der Waals surface area contributed by atoms with Gasteiger partial charge in [-0.3, -0.25) is 14.7 Å². The van der Waals surface area contributed by atoms with Gasteiger partial charge in [0.25, 0.3) is 11.8 Å². The van der Waals surface area contributed by atoms with Crippen LogP contribution in [0.3, 0.4) is 0 Å². The first-order valence-electron chi connectivity index (χ1n) is 10.2. The molecular formula is C23H25N5O4. The predicted octanol–water partition coefficient (Wildman–Crippen LogP) is 1.68. The van der Waals surface area contributed by atoms with Gasteiger partial charge in [0.05, 0.1) is 18.9 Å². The molecule has 0 radical (unpaired) electrons. The van der Waals surface area contributed by atoms with Crippen LogP contribution in [0.2, 0.25) is 0 Å². The molecule has 1 fully saturated rings. The van der Waals surface area contributed by atoms with Crippen molar-refractivity contribution in [1.82, 2.24) is 25.4 Å². The van der Waals surface area contributed by atoms with Crippen molar-refractivity contribution >= 4 is 11.8 Å². The summed E-state index contributed by atoms with van der Waals surface area (Å²) in [5.41, 5.74) is 1.16. The van der Waals surface area contributed by atoms with Gasteiger partial charge in [0, 0.05) is 7.05 Å². The molecule has 1 saturated heterocycles. The Morgan fingerprint density at radius 3 is 2.75 bits per heavy atom. The van der Waals surface area contributed by atoms with Crippen LogP contribution >= 0.6 is 0 Å². The Balaban J connectivity index is 1.50. The minimum Gasteiger partial charge on any atom is -0.493 e. The molecule has 1 aromatic carbocycles. The number of H-pyrrole nitrogens is 1. The minimum atomic E-state index is -0.880. The fourth-order valence-electron chi connectivity index (χ4n) is 3.74. The number of amides is 2. The zero-order valence-electron chi connectivity index (χ0n) is 18.0. The average molecular weight is 435 g/mol. The van der Waals surface area contributed by atoms with Gasteiger partial charge >= 0.3 is 0 Å². The Morgan fingerprint density at radius 2 is 2.09 bits per heavy atom. The molecule has 4 rings (SSSR count). The van der Waals surface area contributed by atoms with E-state index in [1.165, 1.54) is 4.90 Å². The van der Waals surface area contributed by atoms with Crippen molar-refractivity contribution < 1.29 is 19.1 Å². The number of carbonyl (C=O) groups is 2. The summed E-state index contributed by atoms with van der Waals surface area (Å²) in [6.07, 6.45) is 5.06. The number of hydrogen-bond donors (Lipinski definition) is 2. The fourth-order valence-corrected chi connectivity index (χ4v) is 3.74. The molecule has 0 aliphatic carbocycles. The summed E-state index contributed by atoms with van der Waals surface area (Å²) < 4.78 is 11.2. The van der Waals surface area contributed by atoms with Crippen molar-refractivity contribution in [2.24, 2.45) is 0 Å². The second-order valence-electron chi connectivity index (χ2n) is 7.72. The minimum absolute atomic E-state index is 0.00521. The largest absolute Gasteiger partial charge is 0.493 e. The van der Waals surface area contributed by atoms with Gasteiger partial charge < -0.3 is 19.7 Å². The molecule has 0 bridgehead atoms. The van der Waals surface area contributed by atoms with E-state index in [1.807, 2.05) is 30.3 Å². The number of nitrogens with zero attached hydrogens (tertiary/aromatic N) is 3. The maximum Gasteiger partial charge on any atom is 0.291 e. The molecule has 2 aliphatic rings. The molecule has 3 heterocycles. The van der Waals surface area contributed by atoms with Crippen LogP contribution in [-0.4, -0.2) is 64.8 Å². The average Bonchev–Trinajstić information content (AvgIpc) is 3.23. The maximum atomic E-state index is 12.9. The van der Waals surface area contributed by atoms with E-state index < -0.39 is 17.4 Å². The molecule has 2 N–H and O–H groups in total. The molecule has 2 aliphatic heterocycles. The van der Waals surface area contributed by atoms with Crippen molar-refractivity contribution in [2.45, 2.75) is 18.4 Å². The highest BCUT2D eigenvalue weighted by atomic mass is 16.5. The van der Waals surface area contributed by atoms with Crippen LogP contribution in [0.1, 0.15) is 28.9 Å². The first-order chi connectivity index (χ1) is 15.5. The van der Waals surface area contributed by atoms with Gasteiger partial charge in [-0.1, -0.05) is 49.1 Å². The smallest absolute Gasteiger partial charge is 0.291 e. The van der Waals surface area contributed by atoms with Crippen molar-refractivity contribution in [3.8, 4) is 0 Å². The molecule has 9 heteroatoms. The van der Waals surface area contributed by atoms with Gasteiger partial charge in [0.1, 0.15) is 29.6 Å². The Labute approximate surface area is 185 Å². The highest BCUT2D eigenvalue weighted by Gasteiger charge is 2.45. The van der Waals surface area contributed by atoms with Gasteiger partial charge in [-0.05, 0) is 18.6 Å². The molecule has 32 heavy (non-hydrogen) atoms. The summed E-state index contributed by atoms with van der Waals surface area (Å²) in [6.45, 7) is 6.30. The van der Waals surface area contributed by atoms with E-state index in [0.29, 0.717) is 30.5 Å². The van der Waals surface area contributed by atoms with E-state index in [2.05, 4.69) is 27.1 Å². The molecule has 1 atom stereocenters. The number of carbonyl (C=O) groups excluding carboxylic acids is 2. The van der Waals surface area contributed by atoms with Crippen molar-refractivity contribution in [3.05, 3.63) is 83.8 Å². The van der Waals surface area contributed by atoms with Crippen LogP contribution in [0, 0.1) is 0 Å². The lowest BCUT2D eigenvalue weighted by molar-refractivity contribution is -0.130. The van der Waals surface area contributed by atoms with Crippen molar-refractivity contribution in [3.63, 3.8) is 0 Å². The molecule has 2 aromatic rings. The van der Waals surface area contributed by atoms with E-state index in [9.17, 15) is 9.59 Å². The third kappa shape index (κ3) is 3.82. The molecule has 2 amide bonds. The van der Waals surface area contributed by atoms with Crippen LogP contribution in [0.25, 0.3) is 0 Å². The van der Waals surface area contributed by atoms with Gasteiger partial charge in [0.15, 0.2) is 0 Å². The Morgan fingerprint density at radius 1 is 1.34 bits per heavy atom. The molecule has 166 valence electrons. The number of likely N-dealkylation sites (N-methyl/N-ethyl adjacent to an activating group) is 1. The maximum absolute atomic E-state index is 12.9. The zero-order chi connectivity index (χ0) is 22.7. The number of allylic oxidation sites excluding steroid dienone is 4. The summed E-state index contributed by atoms with van der Waals surface area (Å²) in [7, 11) is 1.63. The van der Waals surface area contributed by atoms with Gasteiger partial charge in [-0.2, -0.15) is 0 Å². The molecule has 9 nitrogen and oxygen atoms in total. The van der Waals surface area contributed by atoms with E-state index in [4.69, 9.17) is 9.47 Å². The second-order valence-corrected chi connectivity index (χ2v) is 7.72. The first kappa shape index (κ1) is 21.5. The molecular weight excluding hydrogens is 410 g/mol. The molecule has 0 saturated carbocycles. The van der Waals surface area contributed by atoms with E-state index >= 15 is 0 Å².